The molecule has 17 heavy (non-hydrogen) atoms. The van der Waals surface area contributed by atoms with Gasteiger partial charge in [0, 0.05) is 35.7 Å². The van der Waals surface area contributed by atoms with E-state index in [0.29, 0.717) is 17.8 Å². The van der Waals surface area contributed by atoms with Crippen LogP contribution in [0.4, 0.5) is 5.69 Å². The zero-order chi connectivity index (χ0) is 12.8. The molecule has 0 aromatic heterocycles. The quantitative estimate of drug-likeness (QED) is 0.722. The van der Waals surface area contributed by atoms with Gasteiger partial charge >= 0.3 is 0 Å². The Morgan fingerprint density at radius 3 is 2.65 bits per heavy atom. The Balaban J connectivity index is 2.55. The number of nitrogen functional groups attached to an aromatic ring is 1. The number of hydrogen-bond acceptors (Lipinski definition) is 3. The third-order valence-corrected chi connectivity index (χ3v) is 2.56. The third-order valence-electron chi connectivity index (χ3n) is 2.10. The van der Waals surface area contributed by atoms with Gasteiger partial charge in [0.05, 0.1) is 0 Å². The molecule has 0 bridgehead atoms. The number of carbonyl (C=O) groups excluding carboxylic acids is 2. The number of halogens is 1. The molecule has 0 spiro atoms. The minimum absolute atomic E-state index is 0.112. The van der Waals surface area contributed by atoms with Crippen LogP contribution in [-0.2, 0) is 4.79 Å². The standard InChI is InChI=1S/C11H14BrN3O2/c1-14-10(16)2-3-15-11(17)7-4-8(12)6-9(13)5-7/h4-6H,2-3,13H2,1H3,(H,14,16)(H,15,17). The van der Waals surface area contributed by atoms with Crippen LogP contribution >= 0.6 is 15.9 Å². The normalized spacial score (nSPS) is 9.76. The first-order valence-electron chi connectivity index (χ1n) is 5.08. The van der Waals surface area contributed by atoms with Crippen LogP contribution in [0.25, 0.3) is 0 Å². The molecule has 1 aromatic rings. The summed E-state index contributed by atoms with van der Waals surface area (Å²) in [5, 5.41) is 5.12. The van der Waals surface area contributed by atoms with Crippen molar-refractivity contribution in [3.8, 4) is 0 Å². The lowest BCUT2D eigenvalue weighted by Crippen LogP contribution is -2.29. The first-order valence-corrected chi connectivity index (χ1v) is 5.87. The fourth-order valence-corrected chi connectivity index (χ4v) is 1.77. The highest BCUT2D eigenvalue weighted by Gasteiger charge is 2.07. The van der Waals surface area contributed by atoms with Crippen LogP contribution in [0.2, 0.25) is 0 Å². The Kier molecular flexibility index (Phi) is 4.96. The van der Waals surface area contributed by atoms with Gasteiger partial charge in [-0.3, -0.25) is 9.59 Å². The summed E-state index contributed by atoms with van der Waals surface area (Å²) >= 11 is 3.26. The first-order chi connectivity index (χ1) is 8.02. The summed E-state index contributed by atoms with van der Waals surface area (Å²) in [7, 11) is 1.55. The second kappa shape index (κ2) is 6.24. The molecule has 92 valence electrons. The summed E-state index contributed by atoms with van der Waals surface area (Å²) in [5.74, 6) is -0.360. The van der Waals surface area contributed by atoms with Gasteiger partial charge < -0.3 is 16.4 Å². The predicted molar refractivity (Wildman–Crippen MR) is 69.6 cm³/mol. The van der Waals surface area contributed by atoms with Crippen LogP contribution in [0, 0.1) is 0 Å². The smallest absolute Gasteiger partial charge is 0.251 e. The van der Waals surface area contributed by atoms with Crippen molar-refractivity contribution in [3.63, 3.8) is 0 Å². The summed E-state index contributed by atoms with van der Waals surface area (Å²) in [5.41, 5.74) is 6.60. The maximum atomic E-state index is 11.7. The topological polar surface area (TPSA) is 84.2 Å². The van der Waals surface area contributed by atoms with Gasteiger partial charge in [-0.2, -0.15) is 0 Å². The van der Waals surface area contributed by atoms with Gasteiger partial charge in [0.2, 0.25) is 5.91 Å². The summed E-state index contributed by atoms with van der Waals surface area (Å²) in [4.78, 5) is 22.6. The van der Waals surface area contributed by atoms with Gasteiger partial charge in [-0.1, -0.05) is 15.9 Å². The van der Waals surface area contributed by atoms with E-state index in [2.05, 4.69) is 26.6 Å². The maximum Gasteiger partial charge on any atom is 0.251 e. The molecule has 0 aliphatic carbocycles. The second-order valence-electron chi connectivity index (χ2n) is 3.45. The Bertz CT molecular complexity index is 414. The molecule has 0 aliphatic heterocycles. The number of carbonyl (C=O) groups is 2. The fraction of sp³-hybridized carbons (Fsp3) is 0.273. The third kappa shape index (κ3) is 4.44. The van der Waals surface area contributed by atoms with Crippen LogP contribution in [0.3, 0.4) is 0 Å². The molecular formula is C11H14BrN3O2. The lowest BCUT2D eigenvalue weighted by atomic mass is 10.2. The summed E-state index contributed by atoms with van der Waals surface area (Å²) in [6.07, 6.45) is 0.256. The van der Waals surface area contributed by atoms with E-state index < -0.39 is 0 Å². The number of benzene rings is 1. The average Bonchev–Trinajstić information content (AvgIpc) is 2.27. The van der Waals surface area contributed by atoms with Gasteiger partial charge in [-0.25, -0.2) is 0 Å². The summed E-state index contributed by atoms with van der Waals surface area (Å²) in [6, 6.07) is 4.97. The molecule has 1 aromatic carbocycles. The molecule has 0 heterocycles. The van der Waals surface area contributed by atoms with E-state index in [-0.39, 0.29) is 18.2 Å². The van der Waals surface area contributed by atoms with Crippen molar-refractivity contribution in [2.45, 2.75) is 6.42 Å². The molecule has 6 heteroatoms. The predicted octanol–water partition coefficient (Wildman–Crippen LogP) is 0.897. The van der Waals surface area contributed by atoms with Gasteiger partial charge in [-0.05, 0) is 18.2 Å². The molecule has 2 amide bonds. The van der Waals surface area contributed by atoms with E-state index in [4.69, 9.17) is 5.73 Å². The molecule has 0 unspecified atom stereocenters. The molecule has 5 nitrogen and oxygen atoms in total. The van der Waals surface area contributed by atoms with Crippen LogP contribution in [-0.4, -0.2) is 25.4 Å². The Labute approximate surface area is 108 Å². The van der Waals surface area contributed by atoms with Crippen molar-refractivity contribution >= 4 is 33.4 Å². The van der Waals surface area contributed by atoms with Crippen molar-refractivity contribution in [2.24, 2.45) is 0 Å². The monoisotopic (exact) mass is 299 g/mol. The second-order valence-corrected chi connectivity index (χ2v) is 4.37. The first kappa shape index (κ1) is 13.5. The molecule has 4 N–H and O–H groups in total. The average molecular weight is 300 g/mol. The Morgan fingerprint density at radius 1 is 1.35 bits per heavy atom. The zero-order valence-electron chi connectivity index (χ0n) is 9.42. The van der Waals surface area contributed by atoms with Crippen molar-refractivity contribution < 1.29 is 9.59 Å². The van der Waals surface area contributed by atoms with Crippen LogP contribution in [0.5, 0.6) is 0 Å². The zero-order valence-corrected chi connectivity index (χ0v) is 11.0. The SMILES string of the molecule is CNC(=O)CCNC(=O)c1cc(N)cc(Br)c1. The molecule has 0 saturated heterocycles. The maximum absolute atomic E-state index is 11.7. The number of amides is 2. The lowest BCUT2D eigenvalue weighted by molar-refractivity contribution is -0.120. The molecular weight excluding hydrogens is 286 g/mol. The van der Waals surface area contributed by atoms with Crippen molar-refractivity contribution in [2.75, 3.05) is 19.3 Å². The Morgan fingerprint density at radius 2 is 2.06 bits per heavy atom. The Hall–Kier alpha value is -1.56. The highest BCUT2D eigenvalue weighted by molar-refractivity contribution is 9.10. The number of nitrogens with two attached hydrogens (primary N) is 1. The van der Waals surface area contributed by atoms with Crippen molar-refractivity contribution in [1.82, 2.24) is 10.6 Å². The van der Waals surface area contributed by atoms with E-state index in [1.807, 2.05) is 0 Å². The number of nitrogens with one attached hydrogen (secondary N) is 2. The van der Waals surface area contributed by atoms with E-state index >= 15 is 0 Å². The van der Waals surface area contributed by atoms with E-state index in [9.17, 15) is 9.59 Å². The van der Waals surface area contributed by atoms with Crippen molar-refractivity contribution in [1.29, 1.82) is 0 Å². The fourth-order valence-electron chi connectivity index (χ4n) is 1.26. The minimum Gasteiger partial charge on any atom is -0.399 e. The highest BCUT2D eigenvalue weighted by atomic mass is 79.9. The van der Waals surface area contributed by atoms with Gasteiger partial charge in [-0.15, -0.1) is 0 Å². The molecule has 0 saturated carbocycles. The van der Waals surface area contributed by atoms with Crippen LogP contribution in [0.15, 0.2) is 22.7 Å². The van der Waals surface area contributed by atoms with Crippen molar-refractivity contribution in [3.05, 3.63) is 28.2 Å². The molecule has 0 radical (unpaired) electrons. The van der Waals surface area contributed by atoms with E-state index in [0.717, 1.165) is 4.47 Å². The molecule has 1 rings (SSSR count). The molecule has 0 aliphatic rings. The van der Waals surface area contributed by atoms with Crippen LogP contribution < -0.4 is 16.4 Å². The summed E-state index contributed by atoms with van der Waals surface area (Å²) < 4.78 is 0.744. The minimum atomic E-state index is -0.248. The molecule has 0 fully saturated rings. The van der Waals surface area contributed by atoms with E-state index in [1.54, 1.807) is 25.2 Å². The largest absolute Gasteiger partial charge is 0.399 e. The van der Waals surface area contributed by atoms with Gasteiger partial charge in [0.15, 0.2) is 0 Å². The van der Waals surface area contributed by atoms with Gasteiger partial charge in [0.1, 0.15) is 0 Å². The summed E-state index contributed by atoms with van der Waals surface area (Å²) in [6.45, 7) is 0.297. The number of anilines is 1. The number of rotatable bonds is 4. The lowest BCUT2D eigenvalue weighted by Gasteiger charge is -2.06. The molecule has 0 atom stereocenters. The highest BCUT2D eigenvalue weighted by Crippen LogP contribution is 2.17. The van der Waals surface area contributed by atoms with Crippen LogP contribution in [0.1, 0.15) is 16.8 Å². The van der Waals surface area contributed by atoms with Gasteiger partial charge in [0.25, 0.3) is 5.91 Å². The van der Waals surface area contributed by atoms with E-state index in [1.165, 1.54) is 0 Å². The number of hydrogen-bond donors (Lipinski definition) is 3.